The van der Waals surface area contributed by atoms with E-state index in [1.807, 2.05) is 24.3 Å². The highest BCUT2D eigenvalue weighted by atomic mass is 16.2. The van der Waals surface area contributed by atoms with E-state index in [9.17, 15) is 9.59 Å². The van der Waals surface area contributed by atoms with E-state index in [-0.39, 0.29) is 11.8 Å². The number of carbonyl (C=O) groups is 2. The van der Waals surface area contributed by atoms with Gasteiger partial charge in [-0.05, 0) is 6.07 Å². The third kappa shape index (κ3) is 2.67. The molecule has 0 atom stereocenters. The van der Waals surface area contributed by atoms with Crippen LogP contribution < -0.4 is 5.73 Å². The van der Waals surface area contributed by atoms with Gasteiger partial charge in [0.05, 0.1) is 5.52 Å². The van der Waals surface area contributed by atoms with E-state index in [0.29, 0.717) is 44.8 Å². The van der Waals surface area contributed by atoms with Crippen LogP contribution in [0, 0.1) is 0 Å². The molecule has 1 aromatic carbocycles. The van der Waals surface area contributed by atoms with Gasteiger partial charge in [0.1, 0.15) is 0 Å². The van der Waals surface area contributed by atoms with E-state index >= 15 is 0 Å². The van der Waals surface area contributed by atoms with E-state index in [1.165, 1.54) is 0 Å². The summed E-state index contributed by atoms with van der Waals surface area (Å²) in [5, 5.41) is 7.84. The molecular weight excluding hydrogens is 282 g/mol. The maximum atomic E-state index is 12.6. The van der Waals surface area contributed by atoms with Gasteiger partial charge < -0.3 is 15.5 Å². The predicted octanol–water partition coefficient (Wildman–Crippen LogP) is 0.196. The number of nitrogens with one attached hydrogen (secondary N) is 1. The van der Waals surface area contributed by atoms with Gasteiger partial charge in [-0.15, -0.1) is 0 Å². The topological polar surface area (TPSA) is 95.3 Å². The Bertz CT molecular complexity index is 688. The molecule has 1 saturated heterocycles. The molecule has 3 N–H and O–H groups in total. The highest BCUT2D eigenvalue weighted by Crippen LogP contribution is 2.17. The maximum Gasteiger partial charge on any atom is 0.275 e. The van der Waals surface area contributed by atoms with Crippen LogP contribution in [0.15, 0.2) is 24.3 Å². The van der Waals surface area contributed by atoms with Gasteiger partial charge in [0, 0.05) is 44.5 Å². The largest absolute Gasteiger partial charge is 0.339 e. The number of nitrogens with zero attached hydrogens (tertiary/aromatic N) is 3. The Balaban J connectivity index is 1.69. The second kappa shape index (κ2) is 6.15. The number of H-pyrrole nitrogens is 1. The molecular formula is C15H19N5O2. The summed E-state index contributed by atoms with van der Waals surface area (Å²) in [5.41, 5.74) is 6.70. The second-order valence-corrected chi connectivity index (χ2v) is 5.33. The lowest BCUT2D eigenvalue weighted by Crippen LogP contribution is -2.51. The summed E-state index contributed by atoms with van der Waals surface area (Å²) in [7, 11) is 0. The Morgan fingerprint density at radius 2 is 1.82 bits per heavy atom. The summed E-state index contributed by atoms with van der Waals surface area (Å²) in [5.74, 6) is -0.0387. The smallest absolute Gasteiger partial charge is 0.275 e. The molecule has 0 unspecified atom stereocenters. The monoisotopic (exact) mass is 301 g/mol. The predicted molar refractivity (Wildman–Crippen MR) is 82.2 cm³/mol. The van der Waals surface area contributed by atoms with Crippen LogP contribution in [0.1, 0.15) is 16.9 Å². The van der Waals surface area contributed by atoms with Gasteiger partial charge >= 0.3 is 0 Å². The van der Waals surface area contributed by atoms with Gasteiger partial charge in [-0.2, -0.15) is 5.10 Å². The van der Waals surface area contributed by atoms with Gasteiger partial charge in [-0.1, -0.05) is 18.2 Å². The molecule has 0 aliphatic carbocycles. The number of para-hydroxylation sites is 1. The first-order valence-corrected chi connectivity index (χ1v) is 7.41. The fraction of sp³-hybridized carbons (Fsp3) is 0.400. The lowest BCUT2D eigenvalue weighted by molar-refractivity contribution is -0.132. The number of fused-ring (bicyclic) bond motifs is 1. The van der Waals surface area contributed by atoms with Crippen molar-refractivity contribution < 1.29 is 9.59 Å². The Morgan fingerprint density at radius 3 is 2.55 bits per heavy atom. The molecule has 1 aliphatic rings. The van der Waals surface area contributed by atoms with Crippen LogP contribution in [0.25, 0.3) is 10.9 Å². The number of aromatic amines is 1. The van der Waals surface area contributed by atoms with Crippen LogP contribution >= 0.6 is 0 Å². The Kier molecular flexibility index (Phi) is 4.06. The number of hydrogen-bond donors (Lipinski definition) is 2. The summed E-state index contributed by atoms with van der Waals surface area (Å²) < 4.78 is 0. The molecule has 2 amide bonds. The summed E-state index contributed by atoms with van der Waals surface area (Å²) in [6.45, 7) is 2.50. The Morgan fingerprint density at radius 1 is 1.14 bits per heavy atom. The molecule has 1 aromatic heterocycles. The van der Waals surface area contributed by atoms with Crippen LogP contribution in [-0.4, -0.2) is 64.5 Å². The molecule has 2 aromatic rings. The molecule has 22 heavy (non-hydrogen) atoms. The summed E-state index contributed by atoms with van der Waals surface area (Å²) in [4.78, 5) is 27.9. The van der Waals surface area contributed by atoms with Crippen molar-refractivity contribution in [2.75, 3.05) is 32.7 Å². The average molecular weight is 301 g/mol. The lowest BCUT2D eigenvalue weighted by atomic mass is 10.2. The normalized spacial score (nSPS) is 15.3. The zero-order chi connectivity index (χ0) is 15.5. The van der Waals surface area contributed by atoms with Crippen molar-refractivity contribution >= 4 is 22.7 Å². The van der Waals surface area contributed by atoms with Crippen molar-refractivity contribution in [3.8, 4) is 0 Å². The minimum atomic E-state index is -0.0941. The van der Waals surface area contributed by atoms with Gasteiger partial charge in [-0.3, -0.25) is 14.7 Å². The number of aromatic nitrogens is 2. The third-order valence-electron chi connectivity index (χ3n) is 3.95. The number of piperazine rings is 1. The van der Waals surface area contributed by atoms with Crippen molar-refractivity contribution in [2.24, 2.45) is 5.73 Å². The number of hydrogen-bond acceptors (Lipinski definition) is 4. The molecule has 0 bridgehead atoms. The molecule has 3 rings (SSSR count). The third-order valence-corrected chi connectivity index (χ3v) is 3.95. The van der Waals surface area contributed by atoms with Crippen molar-refractivity contribution in [3.63, 3.8) is 0 Å². The zero-order valence-electron chi connectivity index (χ0n) is 12.3. The van der Waals surface area contributed by atoms with Crippen LogP contribution in [0.3, 0.4) is 0 Å². The Labute approximate surface area is 128 Å². The standard InChI is InChI=1S/C15H19N5O2/c16-6-5-13(21)19-7-9-20(10-8-19)15(22)14-11-3-1-2-4-12(11)17-18-14/h1-4H,5-10,16H2,(H,17,18). The molecule has 0 saturated carbocycles. The fourth-order valence-corrected chi connectivity index (χ4v) is 2.72. The minimum Gasteiger partial charge on any atom is -0.339 e. The van der Waals surface area contributed by atoms with Gasteiger partial charge in [0.25, 0.3) is 5.91 Å². The summed E-state index contributed by atoms with van der Waals surface area (Å²) >= 11 is 0. The lowest BCUT2D eigenvalue weighted by Gasteiger charge is -2.34. The first kappa shape index (κ1) is 14.5. The van der Waals surface area contributed by atoms with Crippen LogP contribution in [0.2, 0.25) is 0 Å². The van der Waals surface area contributed by atoms with E-state index in [2.05, 4.69) is 10.2 Å². The van der Waals surface area contributed by atoms with Crippen molar-refractivity contribution in [1.82, 2.24) is 20.0 Å². The van der Waals surface area contributed by atoms with E-state index < -0.39 is 0 Å². The van der Waals surface area contributed by atoms with Crippen molar-refractivity contribution in [3.05, 3.63) is 30.0 Å². The van der Waals surface area contributed by atoms with E-state index in [0.717, 1.165) is 10.9 Å². The molecule has 2 heterocycles. The number of nitrogens with two attached hydrogens (primary N) is 1. The molecule has 1 aliphatic heterocycles. The summed E-state index contributed by atoms with van der Waals surface area (Å²) in [6, 6.07) is 7.56. The number of carbonyl (C=O) groups excluding carboxylic acids is 2. The molecule has 1 fully saturated rings. The van der Waals surface area contributed by atoms with Gasteiger partial charge in [0.2, 0.25) is 5.91 Å². The highest BCUT2D eigenvalue weighted by Gasteiger charge is 2.26. The van der Waals surface area contributed by atoms with Crippen molar-refractivity contribution in [2.45, 2.75) is 6.42 Å². The molecule has 7 nitrogen and oxygen atoms in total. The molecule has 7 heteroatoms. The molecule has 0 spiro atoms. The van der Waals surface area contributed by atoms with Gasteiger partial charge in [0.15, 0.2) is 5.69 Å². The van der Waals surface area contributed by atoms with Crippen LogP contribution in [-0.2, 0) is 4.79 Å². The second-order valence-electron chi connectivity index (χ2n) is 5.33. The average Bonchev–Trinajstić information content (AvgIpc) is 2.98. The number of benzene rings is 1. The van der Waals surface area contributed by atoms with Gasteiger partial charge in [-0.25, -0.2) is 0 Å². The maximum absolute atomic E-state index is 12.6. The Hall–Kier alpha value is -2.41. The van der Waals surface area contributed by atoms with Crippen LogP contribution in [0.5, 0.6) is 0 Å². The SMILES string of the molecule is NCCC(=O)N1CCN(C(=O)c2n[nH]c3ccccc23)CC1. The van der Waals surface area contributed by atoms with Crippen molar-refractivity contribution in [1.29, 1.82) is 0 Å². The fourth-order valence-electron chi connectivity index (χ4n) is 2.72. The van der Waals surface area contributed by atoms with E-state index in [1.54, 1.807) is 9.80 Å². The first-order chi connectivity index (χ1) is 10.7. The summed E-state index contributed by atoms with van der Waals surface area (Å²) in [6.07, 6.45) is 0.359. The highest BCUT2D eigenvalue weighted by molar-refractivity contribution is 6.04. The quantitative estimate of drug-likeness (QED) is 0.846. The molecule has 0 radical (unpaired) electrons. The minimum absolute atomic E-state index is 0.0554. The zero-order valence-corrected chi connectivity index (χ0v) is 12.3. The van der Waals surface area contributed by atoms with E-state index in [4.69, 9.17) is 5.73 Å². The molecule has 116 valence electrons. The number of rotatable bonds is 3. The van der Waals surface area contributed by atoms with Crippen LogP contribution in [0.4, 0.5) is 0 Å². The first-order valence-electron chi connectivity index (χ1n) is 7.41. The number of amides is 2.